The molecule has 0 aromatic heterocycles. The maximum atomic E-state index is 13.3. The molecule has 0 bridgehead atoms. The molecule has 0 radical (unpaired) electrons. The fourth-order valence-electron chi connectivity index (χ4n) is 13.1. The third-order valence-corrected chi connectivity index (χ3v) is 19.2. The first-order chi connectivity index (χ1) is 43.6. The summed E-state index contributed by atoms with van der Waals surface area (Å²) < 4.78 is 22.9. The number of allylic oxidation sites excluding steroid dienone is 1. The summed E-state index contributed by atoms with van der Waals surface area (Å²) in [5.41, 5.74) is 0. The second-order valence-corrected chi connectivity index (χ2v) is 27.5. The van der Waals surface area contributed by atoms with Crippen LogP contribution in [0.1, 0.15) is 367 Å². The third kappa shape index (κ3) is 44.2. The van der Waals surface area contributed by atoms with Crippen LogP contribution in [0.3, 0.4) is 0 Å². The SMILES string of the molecule is CCCCCCCCCCCCCCCCC/C=C/C(O)C(COC1OC(CO)C(OC2OC(CO)C(O)C(O)C2O)C(O)C1O)NC(=O)CCCCCCCCCCCCCCCCCCCCCCCCCCCCCCCCCCCCCCCC. The number of unbranched alkanes of at least 4 members (excludes halogenated alkanes) is 52. The summed E-state index contributed by atoms with van der Waals surface area (Å²) in [5.74, 6) is -0.230. The van der Waals surface area contributed by atoms with Gasteiger partial charge in [0.15, 0.2) is 12.6 Å². The van der Waals surface area contributed by atoms with E-state index in [0.717, 1.165) is 44.9 Å². The summed E-state index contributed by atoms with van der Waals surface area (Å²) in [6.07, 6.45) is 58.8. The van der Waals surface area contributed by atoms with Crippen molar-refractivity contribution in [3.05, 3.63) is 12.2 Å². The molecular weight excluding hydrogens is 1120 g/mol. The van der Waals surface area contributed by atoms with Crippen LogP contribution in [0.5, 0.6) is 0 Å². The minimum atomic E-state index is -1.79. The number of carbonyl (C=O) groups is 1. The number of nitrogens with one attached hydrogen (secondary N) is 1. The van der Waals surface area contributed by atoms with Gasteiger partial charge in [-0.3, -0.25) is 4.79 Å². The van der Waals surface area contributed by atoms with Crippen LogP contribution in [0.15, 0.2) is 12.2 Å². The zero-order chi connectivity index (χ0) is 64.5. The Morgan fingerprint density at radius 2 is 0.697 bits per heavy atom. The Bertz CT molecular complexity index is 1540. The lowest BCUT2D eigenvalue weighted by Crippen LogP contribution is -2.65. The van der Waals surface area contributed by atoms with Crippen molar-refractivity contribution in [2.24, 2.45) is 0 Å². The highest BCUT2D eigenvalue weighted by Gasteiger charge is 2.51. The number of aliphatic hydroxyl groups excluding tert-OH is 8. The van der Waals surface area contributed by atoms with Crippen molar-refractivity contribution < 1.29 is 64.6 Å². The molecule has 12 atom stereocenters. The van der Waals surface area contributed by atoms with Crippen LogP contribution < -0.4 is 5.32 Å². The highest BCUT2D eigenvalue weighted by molar-refractivity contribution is 5.76. The van der Waals surface area contributed by atoms with Gasteiger partial charge in [-0.1, -0.05) is 353 Å². The molecule has 2 fully saturated rings. The Hall–Kier alpha value is -1.27. The average molecular weight is 1270 g/mol. The molecule has 89 heavy (non-hydrogen) atoms. The summed E-state index contributed by atoms with van der Waals surface area (Å²) in [5, 5.41) is 87.4. The van der Waals surface area contributed by atoms with E-state index >= 15 is 0 Å². The Morgan fingerprint density at radius 1 is 0.393 bits per heavy atom. The summed E-state index contributed by atoms with van der Waals surface area (Å²) in [7, 11) is 0. The molecule has 0 aliphatic carbocycles. The molecule has 2 rings (SSSR count). The molecule has 2 saturated heterocycles. The van der Waals surface area contributed by atoms with E-state index in [1.54, 1.807) is 6.08 Å². The van der Waals surface area contributed by atoms with E-state index in [0.29, 0.717) is 0 Å². The van der Waals surface area contributed by atoms with Gasteiger partial charge in [0.05, 0.1) is 32.0 Å². The number of rotatable bonds is 65. The molecule has 14 heteroatoms. The second kappa shape index (κ2) is 60.4. The van der Waals surface area contributed by atoms with Crippen LogP contribution in [0.25, 0.3) is 0 Å². The van der Waals surface area contributed by atoms with Crippen molar-refractivity contribution >= 4 is 5.91 Å². The first kappa shape index (κ1) is 83.8. The van der Waals surface area contributed by atoms with Gasteiger partial charge in [0, 0.05) is 6.42 Å². The van der Waals surface area contributed by atoms with Crippen molar-refractivity contribution in [1.82, 2.24) is 5.32 Å². The van der Waals surface area contributed by atoms with Crippen molar-refractivity contribution in [3.8, 4) is 0 Å². The van der Waals surface area contributed by atoms with E-state index in [9.17, 15) is 45.6 Å². The van der Waals surface area contributed by atoms with Crippen LogP contribution in [0.2, 0.25) is 0 Å². The molecule has 2 aliphatic rings. The first-order valence-electron chi connectivity index (χ1n) is 38.4. The average Bonchev–Trinajstić information content (AvgIpc) is 1.30. The van der Waals surface area contributed by atoms with E-state index in [4.69, 9.17) is 18.9 Å². The smallest absolute Gasteiger partial charge is 0.220 e. The lowest BCUT2D eigenvalue weighted by atomic mass is 9.97. The number of hydrogen-bond donors (Lipinski definition) is 9. The highest BCUT2D eigenvalue weighted by atomic mass is 16.7. The molecule has 9 N–H and O–H groups in total. The fraction of sp³-hybridized carbons (Fsp3) is 0.960. The Kier molecular flexibility index (Phi) is 56.9. The lowest BCUT2D eigenvalue weighted by molar-refractivity contribution is -0.359. The predicted octanol–water partition coefficient (Wildman–Crippen LogP) is 16.5. The molecule has 1 amide bonds. The molecule has 528 valence electrons. The van der Waals surface area contributed by atoms with Crippen LogP contribution in [-0.4, -0.2) is 140 Å². The molecular formula is C75H145NO13. The molecule has 2 aliphatic heterocycles. The molecule has 12 unspecified atom stereocenters. The number of aliphatic hydroxyl groups is 8. The van der Waals surface area contributed by atoms with Gasteiger partial charge >= 0.3 is 0 Å². The van der Waals surface area contributed by atoms with Gasteiger partial charge in [-0.05, 0) is 19.3 Å². The van der Waals surface area contributed by atoms with Crippen LogP contribution in [0, 0.1) is 0 Å². The molecule has 2 heterocycles. The minimum Gasteiger partial charge on any atom is -0.394 e. The molecule has 14 nitrogen and oxygen atoms in total. The van der Waals surface area contributed by atoms with Gasteiger partial charge in [-0.25, -0.2) is 0 Å². The standard InChI is InChI=1S/C75H145NO13/c1-3-5-7-9-11-13-15-17-19-21-22-23-24-25-26-27-28-29-30-31-32-33-34-35-36-37-38-39-40-41-43-45-47-49-51-53-55-57-59-67(80)76-63(64(79)58-56-54-52-50-48-46-44-42-20-18-16-14-12-10-8-6-4-2)62-86-74-72(85)70(83)73(66(61-78)88-74)89-75-71(84)69(82)68(81)65(60-77)87-75/h56,58,63-66,68-75,77-79,81-85H,3-55,57,59-62H2,1-2H3,(H,76,80)/b58-56+. The second-order valence-electron chi connectivity index (χ2n) is 27.5. The van der Waals surface area contributed by atoms with Crippen molar-refractivity contribution in [3.63, 3.8) is 0 Å². The summed E-state index contributed by atoms with van der Waals surface area (Å²) in [4.78, 5) is 13.3. The van der Waals surface area contributed by atoms with E-state index in [2.05, 4.69) is 19.2 Å². The van der Waals surface area contributed by atoms with E-state index in [1.165, 1.54) is 302 Å². The van der Waals surface area contributed by atoms with Gasteiger partial charge < -0.3 is 65.1 Å². The maximum absolute atomic E-state index is 13.3. The van der Waals surface area contributed by atoms with Gasteiger partial charge in [0.1, 0.15) is 48.8 Å². The molecule has 0 saturated carbocycles. The van der Waals surface area contributed by atoms with Crippen LogP contribution in [-0.2, 0) is 23.7 Å². The van der Waals surface area contributed by atoms with Crippen molar-refractivity contribution in [2.45, 2.75) is 441 Å². The Morgan fingerprint density at radius 3 is 1.03 bits per heavy atom. The predicted molar refractivity (Wildman–Crippen MR) is 365 cm³/mol. The van der Waals surface area contributed by atoms with E-state index < -0.39 is 86.8 Å². The van der Waals surface area contributed by atoms with Crippen molar-refractivity contribution in [1.29, 1.82) is 0 Å². The number of carbonyl (C=O) groups excluding carboxylic acids is 1. The largest absolute Gasteiger partial charge is 0.394 e. The van der Waals surface area contributed by atoms with Crippen LogP contribution >= 0.6 is 0 Å². The maximum Gasteiger partial charge on any atom is 0.220 e. The Labute approximate surface area is 546 Å². The third-order valence-electron chi connectivity index (χ3n) is 19.2. The molecule has 0 spiro atoms. The van der Waals surface area contributed by atoms with Gasteiger partial charge in [-0.15, -0.1) is 0 Å². The number of hydrogen-bond acceptors (Lipinski definition) is 13. The lowest BCUT2D eigenvalue weighted by Gasteiger charge is -2.46. The monoisotopic (exact) mass is 1270 g/mol. The zero-order valence-corrected chi connectivity index (χ0v) is 57.7. The van der Waals surface area contributed by atoms with Gasteiger partial charge in [-0.2, -0.15) is 0 Å². The van der Waals surface area contributed by atoms with Crippen molar-refractivity contribution in [2.75, 3.05) is 19.8 Å². The first-order valence-corrected chi connectivity index (χ1v) is 38.4. The van der Waals surface area contributed by atoms with Crippen LogP contribution in [0.4, 0.5) is 0 Å². The normalized spacial score (nSPS) is 23.0. The number of amides is 1. The molecule has 0 aromatic carbocycles. The van der Waals surface area contributed by atoms with Gasteiger partial charge in [0.25, 0.3) is 0 Å². The summed E-state index contributed by atoms with van der Waals surface area (Å²) in [6.45, 7) is 2.86. The fourth-order valence-corrected chi connectivity index (χ4v) is 13.1. The Balaban J connectivity index is 1.56. The summed E-state index contributed by atoms with van der Waals surface area (Å²) in [6, 6.07) is -0.911. The minimum absolute atomic E-state index is 0.230. The zero-order valence-electron chi connectivity index (χ0n) is 57.7. The topological polar surface area (TPSA) is 228 Å². The van der Waals surface area contributed by atoms with E-state index in [-0.39, 0.29) is 18.9 Å². The summed E-state index contributed by atoms with van der Waals surface area (Å²) >= 11 is 0. The molecule has 0 aromatic rings. The highest BCUT2D eigenvalue weighted by Crippen LogP contribution is 2.30. The number of ether oxygens (including phenoxy) is 4. The van der Waals surface area contributed by atoms with E-state index in [1.807, 2.05) is 6.08 Å². The quantitative estimate of drug-likeness (QED) is 0.0204. The van der Waals surface area contributed by atoms with Gasteiger partial charge in [0.2, 0.25) is 5.91 Å².